The van der Waals surface area contributed by atoms with Crippen LogP contribution in [0.5, 0.6) is 0 Å². The molecule has 0 amide bonds. The van der Waals surface area contributed by atoms with Gasteiger partial charge >= 0.3 is 0 Å². The van der Waals surface area contributed by atoms with Crippen molar-refractivity contribution in [1.82, 2.24) is 9.21 Å². The largest absolute Gasteiger partial charge is 0.296 e. The smallest absolute Gasteiger partial charge is 0.252 e. The molecule has 0 bridgehead atoms. The first kappa shape index (κ1) is 16.1. The molecule has 118 valence electrons. The average Bonchev–Trinajstić information content (AvgIpc) is 2.96. The number of piperazine rings is 1. The molecule has 2 heterocycles. The molecule has 3 rings (SSSR count). The van der Waals surface area contributed by atoms with Crippen molar-refractivity contribution >= 4 is 37.3 Å². The molecule has 0 atom stereocenters. The van der Waals surface area contributed by atoms with Crippen molar-refractivity contribution in [2.75, 3.05) is 26.2 Å². The molecule has 4 nitrogen and oxygen atoms in total. The topological polar surface area (TPSA) is 40.6 Å². The fraction of sp³-hybridized carbons (Fsp3) is 0.333. The summed E-state index contributed by atoms with van der Waals surface area (Å²) in [6.07, 6.45) is 0. The summed E-state index contributed by atoms with van der Waals surface area (Å²) in [4.78, 5) is 2.30. The molecular formula is C15H17BrN2O2S2. The predicted octanol–water partition coefficient (Wildman–Crippen LogP) is 3.02. The SMILES string of the molecule is O=S(=O)(c1ccc(Br)s1)N1CCN(Cc2ccccc2)CC1. The van der Waals surface area contributed by atoms with Gasteiger partial charge in [-0.3, -0.25) is 4.90 Å². The number of thiophene rings is 1. The van der Waals surface area contributed by atoms with Crippen molar-refractivity contribution in [3.05, 3.63) is 51.8 Å². The van der Waals surface area contributed by atoms with Crippen LogP contribution in [0.15, 0.2) is 50.5 Å². The third-order valence-corrected chi connectivity index (χ3v) is 7.71. The van der Waals surface area contributed by atoms with Crippen LogP contribution in [0.2, 0.25) is 0 Å². The minimum atomic E-state index is -3.34. The summed E-state index contributed by atoms with van der Waals surface area (Å²) >= 11 is 4.59. The van der Waals surface area contributed by atoms with E-state index in [1.165, 1.54) is 16.9 Å². The lowest BCUT2D eigenvalue weighted by atomic mass is 10.2. The molecule has 7 heteroatoms. The molecule has 2 aromatic rings. The van der Waals surface area contributed by atoms with Gasteiger partial charge in [0.2, 0.25) is 0 Å². The molecule has 1 aromatic carbocycles. The van der Waals surface area contributed by atoms with Crippen LogP contribution < -0.4 is 0 Å². The molecule has 1 fully saturated rings. The van der Waals surface area contributed by atoms with E-state index < -0.39 is 10.0 Å². The fourth-order valence-electron chi connectivity index (χ4n) is 2.53. The summed E-state index contributed by atoms with van der Waals surface area (Å²) in [5.41, 5.74) is 1.26. The molecule has 1 aromatic heterocycles. The molecule has 1 aliphatic heterocycles. The highest BCUT2D eigenvalue weighted by atomic mass is 79.9. The monoisotopic (exact) mass is 400 g/mol. The normalized spacial score (nSPS) is 17.7. The van der Waals surface area contributed by atoms with E-state index >= 15 is 0 Å². The van der Waals surface area contributed by atoms with Gasteiger partial charge in [0.1, 0.15) is 4.21 Å². The van der Waals surface area contributed by atoms with Crippen molar-refractivity contribution < 1.29 is 8.42 Å². The van der Waals surface area contributed by atoms with Crippen LogP contribution in [0, 0.1) is 0 Å². The third-order valence-electron chi connectivity index (χ3n) is 3.72. The van der Waals surface area contributed by atoms with E-state index in [4.69, 9.17) is 0 Å². The highest BCUT2D eigenvalue weighted by Gasteiger charge is 2.29. The molecule has 22 heavy (non-hydrogen) atoms. The number of nitrogens with zero attached hydrogens (tertiary/aromatic N) is 2. The number of hydrogen-bond acceptors (Lipinski definition) is 4. The molecule has 1 aliphatic rings. The summed E-state index contributed by atoms with van der Waals surface area (Å²) in [5.74, 6) is 0. The minimum Gasteiger partial charge on any atom is -0.296 e. The Morgan fingerprint density at radius 2 is 1.68 bits per heavy atom. The molecule has 0 radical (unpaired) electrons. The molecule has 0 spiro atoms. The Hall–Kier alpha value is -0.730. The van der Waals surface area contributed by atoms with Crippen LogP contribution in [0.4, 0.5) is 0 Å². The lowest BCUT2D eigenvalue weighted by Gasteiger charge is -2.33. The van der Waals surface area contributed by atoms with Gasteiger partial charge in [-0.15, -0.1) is 11.3 Å². The Labute approximate surface area is 143 Å². The third kappa shape index (κ3) is 3.60. The van der Waals surface area contributed by atoms with Crippen LogP contribution in [0.25, 0.3) is 0 Å². The molecule has 0 unspecified atom stereocenters. The van der Waals surface area contributed by atoms with Crippen molar-refractivity contribution in [1.29, 1.82) is 0 Å². The summed E-state index contributed by atoms with van der Waals surface area (Å²) in [5, 5.41) is 0. The van der Waals surface area contributed by atoms with Crippen LogP contribution in [0.3, 0.4) is 0 Å². The van der Waals surface area contributed by atoms with Crippen molar-refractivity contribution in [3.63, 3.8) is 0 Å². The van der Waals surface area contributed by atoms with Gasteiger partial charge < -0.3 is 0 Å². The minimum absolute atomic E-state index is 0.413. The van der Waals surface area contributed by atoms with Crippen LogP contribution in [0.1, 0.15) is 5.56 Å². The molecular weight excluding hydrogens is 384 g/mol. The second-order valence-electron chi connectivity index (χ2n) is 5.22. The lowest BCUT2D eigenvalue weighted by Crippen LogP contribution is -2.48. The highest BCUT2D eigenvalue weighted by molar-refractivity contribution is 9.11. The van der Waals surface area contributed by atoms with Gasteiger partial charge in [-0.25, -0.2) is 8.42 Å². The zero-order valence-electron chi connectivity index (χ0n) is 12.0. The van der Waals surface area contributed by atoms with E-state index in [1.54, 1.807) is 16.4 Å². The Bertz CT molecular complexity index is 723. The van der Waals surface area contributed by atoms with E-state index in [9.17, 15) is 8.42 Å². The first-order valence-electron chi connectivity index (χ1n) is 7.07. The van der Waals surface area contributed by atoms with Gasteiger partial charge in [-0.1, -0.05) is 30.3 Å². The highest BCUT2D eigenvalue weighted by Crippen LogP contribution is 2.29. The van der Waals surface area contributed by atoms with Gasteiger partial charge in [0, 0.05) is 32.7 Å². The molecule has 1 saturated heterocycles. The first-order valence-corrected chi connectivity index (χ1v) is 10.1. The second-order valence-corrected chi connectivity index (χ2v) is 9.85. The fourth-order valence-corrected chi connectivity index (χ4v) is 6.12. The maximum Gasteiger partial charge on any atom is 0.252 e. The standard InChI is InChI=1S/C15H17BrN2O2S2/c16-14-6-7-15(21-14)22(19,20)18-10-8-17(9-11-18)12-13-4-2-1-3-5-13/h1-7H,8-12H2. The van der Waals surface area contributed by atoms with E-state index in [-0.39, 0.29) is 0 Å². The van der Waals surface area contributed by atoms with Gasteiger partial charge in [0.05, 0.1) is 3.79 Å². The molecule has 0 saturated carbocycles. The number of halogens is 1. The average molecular weight is 401 g/mol. The molecule has 0 N–H and O–H groups in total. The van der Waals surface area contributed by atoms with Gasteiger partial charge in [0.25, 0.3) is 10.0 Å². The Morgan fingerprint density at radius 3 is 2.27 bits per heavy atom. The first-order chi connectivity index (χ1) is 10.6. The zero-order chi connectivity index (χ0) is 15.6. The maximum absolute atomic E-state index is 12.6. The van der Waals surface area contributed by atoms with E-state index in [0.29, 0.717) is 17.3 Å². The molecule has 0 aliphatic carbocycles. The lowest BCUT2D eigenvalue weighted by molar-refractivity contribution is 0.182. The Balaban J connectivity index is 1.62. The summed E-state index contributed by atoms with van der Waals surface area (Å²) < 4.78 is 28.0. The van der Waals surface area contributed by atoms with E-state index in [0.717, 1.165) is 23.4 Å². The Morgan fingerprint density at radius 1 is 1.00 bits per heavy atom. The van der Waals surface area contributed by atoms with Crippen LogP contribution >= 0.6 is 27.3 Å². The van der Waals surface area contributed by atoms with E-state index in [2.05, 4.69) is 33.0 Å². The maximum atomic E-state index is 12.6. The second kappa shape index (κ2) is 6.80. The zero-order valence-corrected chi connectivity index (χ0v) is 15.2. The number of sulfonamides is 1. The number of rotatable bonds is 4. The number of benzene rings is 1. The van der Waals surface area contributed by atoms with Crippen LogP contribution in [-0.2, 0) is 16.6 Å². The summed E-state index contributed by atoms with van der Waals surface area (Å²) in [7, 11) is -3.34. The van der Waals surface area contributed by atoms with Crippen molar-refractivity contribution in [2.24, 2.45) is 0 Å². The van der Waals surface area contributed by atoms with Crippen molar-refractivity contribution in [2.45, 2.75) is 10.8 Å². The van der Waals surface area contributed by atoms with Gasteiger partial charge in [-0.2, -0.15) is 4.31 Å². The summed E-state index contributed by atoms with van der Waals surface area (Å²) in [6.45, 7) is 3.50. The summed E-state index contributed by atoms with van der Waals surface area (Å²) in [6, 6.07) is 13.7. The number of hydrogen-bond donors (Lipinski definition) is 0. The Kier molecular flexibility index (Phi) is 4.99. The quantitative estimate of drug-likeness (QED) is 0.791. The van der Waals surface area contributed by atoms with Crippen LogP contribution in [-0.4, -0.2) is 43.8 Å². The van der Waals surface area contributed by atoms with E-state index in [1.807, 2.05) is 18.2 Å². The van der Waals surface area contributed by atoms with Gasteiger partial charge in [-0.05, 0) is 33.6 Å². The predicted molar refractivity (Wildman–Crippen MR) is 92.5 cm³/mol. The van der Waals surface area contributed by atoms with Gasteiger partial charge in [0.15, 0.2) is 0 Å². The van der Waals surface area contributed by atoms with Crippen molar-refractivity contribution in [3.8, 4) is 0 Å².